The van der Waals surface area contributed by atoms with Crippen LogP contribution in [0, 0.1) is 12.0 Å². The second-order valence-electron chi connectivity index (χ2n) is 3.10. The lowest BCUT2D eigenvalue weighted by atomic mass is 10.3. The Kier molecular flexibility index (Phi) is 3.59. The lowest BCUT2D eigenvalue weighted by Gasteiger charge is -2.32. The van der Waals surface area contributed by atoms with Gasteiger partial charge in [0.2, 0.25) is 5.91 Å². The second kappa shape index (κ2) is 4.73. The predicted molar refractivity (Wildman–Crippen MR) is 50.7 cm³/mol. The molecule has 1 aliphatic rings. The molecule has 0 aliphatic carbocycles. The van der Waals surface area contributed by atoms with Crippen LogP contribution in [0.4, 0.5) is 0 Å². The van der Waals surface area contributed by atoms with Crippen LogP contribution in [0.3, 0.4) is 0 Å². The van der Waals surface area contributed by atoms with E-state index in [1.54, 1.807) is 6.92 Å². The zero-order valence-electron chi connectivity index (χ0n) is 7.92. The zero-order valence-corrected chi connectivity index (χ0v) is 7.92. The topological polar surface area (TPSA) is 49.6 Å². The Morgan fingerprint density at radius 1 is 1.38 bits per heavy atom. The number of carbonyl (C=O) groups excluding carboxylic acids is 1. The molecule has 1 amide bonds. The van der Waals surface area contributed by atoms with Gasteiger partial charge in [-0.2, -0.15) is 0 Å². The van der Waals surface area contributed by atoms with Gasteiger partial charge in [0.25, 0.3) is 0 Å². The van der Waals surface area contributed by atoms with Crippen molar-refractivity contribution >= 4 is 5.91 Å². The summed E-state index contributed by atoms with van der Waals surface area (Å²) < 4.78 is 0. The van der Waals surface area contributed by atoms with Gasteiger partial charge in [-0.15, -0.1) is 0 Å². The third-order valence-corrected chi connectivity index (χ3v) is 2.22. The van der Waals surface area contributed by atoms with E-state index in [1.807, 2.05) is 4.90 Å². The fourth-order valence-electron chi connectivity index (χ4n) is 1.38. The van der Waals surface area contributed by atoms with Gasteiger partial charge in [-0.1, -0.05) is 5.92 Å². The van der Waals surface area contributed by atoms with E-state index in [2.05, 4.69) is 16.9 Å². The lowest BCUT2D eigenvalue weighted by molar-refractivity contribution is -0.130. The number of rotatable bonds is 1. The number of amides is 1. The van der Waals surface area contributed by atoms with Crippen LogP contribution in [-0.2, 0) is 4.79 Å². The number of nitrogens with two attached hydrogens (primary N) is 1. The fraction of sp³-hybridized carbons (Fsp3) is 0.667. The third kappa shape index (κ3) is 2.96. The minimum absolute atomic E-state index is 0.157. The molecule has 0 atom stereocenters. The lowest BCUT2D eigenvalue weighted by Crippen LogP contribution is -2.48. The highest BCUT2D eigenvalue weighted by atomic mass is 16.2. The van der Waals surface area contributed by atoms with E-state index in [9.17, 15) is 4.79 Å². The standard InChI is InChI=1S/C9H15N3O/c1-9(13)12-7-5-11(6-8-12)4-2-3-10/h4-8,10H2,1H3. The van der Waals surface area contributed by atoms with Crippen LogP contribution in [0.1, 0.15) is 6.92 Å². The van der Waals surface area contributed by atoms with Crippen LogP contribution >= 0.6 is 0 Å². The normalized spacial score (nSPS) is 17.8. The molecule has 1 heterocycles. The molecule has 0 aromatic heterocycles. The molecule has 0 aromatic carbocycles. The molecule has 13 heavy (non-hydrogen) atoms. The van der Waals surface area contributed by atoms with Crippen molar-refractivity contribution in [1.82, 2.24) is 9.80 Å². The molecule has 1 rings (SSSR count). The third-order valence-electron chi connectivity index (χ3n) is 2.22. The first kappa shape index (κ1) is 9.87. The molecule has 0 bridgehead atoms. The molecule has 1 saturated heterocycles. The van der Waals surface area contributed by atoms with Gasteiger partial charge in [0.15, 0.2) is 0 Å². The summed E-state index contributed by atoms with van der Waals surface area (Å²) in [7, 11) is 0. The van der Waals surface area contributed by atoms with Gasteiger partial charge >= 0.3 is 0 Å². The molecule has 0 saturated carbocycles. The van der Waals surface area contributed by atoms with E-state index in [-0.39, 0.29) is 5.91 Å². The summed E-state index contributed by atoms with van der Waals surface area (Å²) in [6, 6.07) is 2.38. The SMILES string of the molecule is CC(=O)N1CCN(CC#CN)CC1. The highest BCUT2D eigenvalue weighted by Crippen LogP contribution is 2.00. The summed E-state index contributed by atoms with van der Waals surface area (Å²) in [6.07, 6.45) is 0. The van der Waals surface area contributed by atoms with E-state index < -0.39 is 0 Å². The monoisotopic (exact) mass is 181 g/mol. The second-order valence-corrected chi connectivity index (χ2v) is 3.10. The summed E-state index contributed by atoms with van der Waals surface area (Å²) >= 11 is 0. The first-order valence-corrected chi connectivity index (χ1v) is 4.40. The summed E-state index contributed by atoms with van der Waals surface area (Å²) in [6.45, 7) is 5.73. The molecular formula is C9H15N3O. The van der Waals surface area contributed by atoms with E-state index in [0.29, 0.717) is 6.54 Å². The van der Waals surface area contributed by atoms with E-state index in [4.69, 9.17) is 5.73 Å². The number of hydrogen-bond acceptors (Lipinski definition) is 3. The van der Waals surface area contributed by atoms with Gasteiger partial charge in [-0.3, -0.25) is 9.69 Å². The van der Waals surface area contributed by atoms with E-state index >= 15 is 0 Å². The maximum absolute atomic E-state index is 11.0. The molecule has 1 fully saturated rings. The first-order chi connectivity index (χ1) is 6.24. The van der Waals surface area contributed by atoms with E-state index in [1.165, 1.54) is 0 Å². The molecule has 2 N–H and O–H groups in total. The Morgan fingerprint density at radius 2 is 2.00 bits per heavy atom. The Balaban J connectivity index is 2.29. The average molecular weight is 181 g/mol. The Hall–Kier alpha value is -1.21. The van der Waals surface area contributed by atoms with Crippen molar-refractivity contribution in [2.75, 3.05) is 32.7 Å². The highest BCUT2D eigenvalue weighted by Gasteiger charge is 2.17. The Bertz CT molecular complexity index is 233. The van der Waals surface area contributed by atoms with Crippen LogP contribution in [0.15, 0.2) is 0 Å². The van der Waals surface area contributed by atoms with Crippen molar-refractivity contribution in [2.24, 2.45) is 5.73 Å². The molecular weight excluding hydrogens is 166 g/mol. The highest BCUT2D eigenvalue weighted by molar-refractivity contribution is 5.73. The summed E-state index contributed by atoms with van der Waals surface area (Å²) in [4.78, 5) is 15.0. The average Bonchev–Trinajstić information content (AvgIpc) is 2.15. The number of nitrogens with zero attached hydrogens (tertiary/aromatic N) is 2. The molecule has 4 nitrogen and oxygen atoms in total. The van der Waals surface area contributed by atoms with Gasteiger partial charge < -0.3 is 10.6 Å². The molecule has 0 spiro atoms. The quantitative estimate of drug-likeness (QED) is 0.420. The predicted octanol–water partition coefficient (Wildman–Crippen LogP) is -0.930. The number of carbonyl (C=O) groups is 1. The van der Waals surface area contributed by atoms with Gasteiger partial charge in [-0.25, -0.2) is 0 Å². The Labute approximate surface area is 78.7 Å². The minimum Gasteiger partial charge on any atom is -0.359 e. The molecule has 72 valence electrons. The summed E-state index contributed by atoms with van der Waals surface area (Å²) in [5.41, 5.74) is 5.07. The van der Waals surface area contributed by atoms with Crippen molar-refractivity contribution in [1.29, 1.82) is 0 Å². The summed E-state index contributed by atoms with van der Waals surface area (Å²) in [5, 5.41) is 0. The molecule has 0 unspecified atom stereocenters. The van der Waals surface area contributed by atoms with Gasteiger partial charge in [0, 0.05) is 39.1 Å². The van der Waals surface area contributed by atoms with E-state index in [0.717, 1.165) is 26.2 Å². The van der Waals surface area contributed by atoms with Gasteiger partial charge in [0.1, 0.15) is 0 Å². The minimum atomic E-state index is 0.157. The van der Waals surface area contributed by atoms with Gasteiger partial charge in [-0.05, 0) is 0 Å². The largest absolute Gasteiger partial charge is 0.359 e. The fourth-order valence-corrected chi connectivity index (χ4v) is 1.38. The van der Waals surface area contributed by atoms with Crippen LogP contribution in [-0.4, -0.2) is 48.4 Å². The smallest absolute Gasteiger partial charge is 0.219 e. The maximum Gasteiger partial charge on any atom is 0.219 e. The zero-order chi connectivity index (χ0) is 9.68. The van der Waals surface area contributed by atoms with Crippen LogP contribution in [0.25, 0.3) is 0 Å². The van der Waals surface area contributed by atoms with Crippen molar-refractivity contribution in [3.8, 4) is 12.0 Å². The van der Waals surface area contributed by atoms with Crippen molar-refractivity contribution in [3.63, 3.8) is 0 Å². The number of hydrogen-bond donors (Lipinski definition) is 1. The van der Waals surface area contributed by atoms with Crippen molar-refractivity contribution in [3.05, 3.63) is 0 Å². The van der Waals surface area contributed by atoms with Crippen molar-refractivity contribution < 1.29 is 4.79 Å². The van der Waals surface area contributed by atoms with Gasteiger partial charge in [0.05, 0.1) is 6.54 Å². The molecule has 1 aliphatic heterocycles. The number of piperazine rings is 1. The summed E-state index contributed by atoms with van der Waals surface area (Å²) in [5.74, 6) is 2.97. The van der Waals surface area contributed by atoms with Crippen molar-refractivity contribution in [2.45, 2.75) is 6.92 Å². The first-order valence-electron chi connectivity index (χ1n) is 4.40. The molecule has 4 heteroatoms. The maximum atomic E-state index is 11.0. The van der Waals surface area contributed by atoms with Crippen LogP contribution < -0.4 is 5.73 Å². The molecule has 0 radical (unpaired) electrons. The van der Waals surface area contributed by atoms with Crippen LogP contribution in [0.2, 0.25) is 0 Å². The van der Waals surface area contributed by atoms with Crippen LogP contribution in [0.5, 0.6) is 0 Å². The molecule has 0 aromatic rings. The Morgan fingerprint density at radius 3 is 2.46 bits per heavy atom.